The first-order chi connectivity index (χ1) is 12.6. The summed E-state index contributed by atoms with van der Waals surface area (Å²) in [6.45, 7) is 1.33. The predicted octanol–water partition coefficient (Wildman–Crippen LogP) is 4.63. The van der Waals surface area contributed by atoms with E-state index < -0.39 is 5.97 Å². The number of hydrogen-bond acceptors (Lipinski definition) is 5. The maximum Gasteiger partial charge on any atom is 0.308 e. The highest BCUT2D eigenvalue weighted by Gasteiger charge is 2.12. The van der Waals surface area contributed by atoms with Crippen LogP contribution < -0.4 is 10.1 Å². The van der Waals surface area contributed by atoms with Gasteiger partial charge in [0.05, 0.1) is 10.2 Å². The Morgan fingerprint density at radius 1 is 1.00 bits per heavy atom. The summed E-state index contributed by atoms with van der Waals surface area (Å²) in [7, 11) is 0. The van der Waals surface area contributed by atoms with E-state index in [0.29, 0.717) is 16.4 Å². The van der Waals surface area contributed by atoms with Gasteiger partial charge in [0.15, 0.2) is 5.13 Å². The first kappa shape index (κ1) is 16.2. The molecule has 26 heavy (non-hydrogen) atoms. The number of ether oxygens (including phenoxy) is 1. The van der Waals surface area contributed by atoms with Gasteiger partial charge in [-0.05, 0) is 35.7 Å². The second-order valence-corrected chi connectivity index (χ2v) is 6.73. The molecule has 1 aromatic heterocycles. The molecule has 128 valence electrons. The van der Waals surface area contributed by atoms with Crippen LogP contribution in [0.3, 0.4) is 0 Å². The Hall–Kier alpha value is -3.25. The van der Waals surface area contributed by atoms with Crippen molar-refractivity contribution in [3.63, 3.8) is 0 Å². The molecule has 0 unspecified atom stereocenters. The molecule has 0 aliphatic carbocycles. The maximum atomic E-state index is 12.4. The van der Waals surface area contributed by atoms with Gasteiger partial charge in [-0.3, -0.25) is 14.9 Å². The third-order valence-corrected chi connectivity index (χ3v) is 4.90. The summed E-state index contributed by atoms with van der Waals surface area (Å²) in [6, 6.07) is 18.5. The van der Waals surface area contributed by atoms with Crippen molar-refractivity contribution < 1.29 is 14.3 Å². The van der Waals surface area contributed by atoms with Crippen molar-refractivity contribution in [1.29, 1.82) is 0 Å². The van der Waals surface area contributed by atoms with E-state index in [4.69, 9.17) is 4.74 Å². The largest absolute Gasteiger partial charge is 0.427 e. The van der Waals surface area contributed by atoms with Gasteiger partial charge in [0.1, 0.15) is 5.75 Å². The molecule has 1 amide bonds. The van der Waals surface area contributed by atoms with Crippen LogP contribution in [0.25, 0.3) is 21.0 Å². The number of benzene rings is 3. The summed E-state index contributed by atoms with van der Waals surface area (Å²) in [4.78, 5) is 27.9. The van der Waals surface area contributed by atoms with Crippen molar-refractivity contribution in [3.8, 4) is 5.75 Å². The summed E-state index contributed by atoms with van der Waals surface area (Å²) in [5.74, 6) is -0.257. The van der Waals surface area contributed by atoms with Crippen molar-refractivity contribution >= 4 is 49.3 Å². The molecule has 0 saturated carbocycles. The fourth-order valence-corrected chi connectivity index (χ4v) is 3.71. The quantitative estimate of drug-likeness (QED) is 0.426. The Morgan fingerprint density at radius 3 is 2.54 bits per heavy atom. The van der Waals surface area contributed by atoms with E-state index >= 15 is 0 Å². The summed E-state index contributed by atoms with van der Waals surface area (Å²) in [5.41, 5.74) is 1.32. The molecule has 0 aliphatic rings. The molecule has 0 atom stereocenters. The number of anilines is 1. The predicted molar refractivity (Wildman–Crippen MR) is 103 cm³/mol. The van der Waals surface area contributed by atoms with Crippen molar-refractivity contribution in [2.45, 2.75) is 6.92 Å². The van der Waals surface area contributed by atoms with E-state index in [9.17, 15) is 9.59 Å². The second-order valence-electron chi connectivity index (χ2n) is 5.73. The van der Waals surface area contributed by atoms with Gasteiger partial charge in [-0.15, -0.1) is 0 Å². The zero-order chi connectivity index (χ0) is 18.1. The number of carbonyl (C=O) groups excluding carboxylic acids is 2. The zero-order valence-corrected chi connectivity index (χ0v) is 14.7. The number of aromatic nitrogens is 1. The molecule has 1 heterocycles. The zero-order valence-electron chi connectivity index (χ0n) is 13.9. The first-order valence-corrected chi connectivity index (χ1v) is 8.80. The van der Waals surface area contributed by atoms with Gasteiger partial charge in [-0.25, -0.2) is 4.98 Å². The maximum absolute atomic E-state index is 12.4. The summed E-state index contributed by atoms with van der Waals surface area (Å²) in [5, 5.41) is 5.64. The summed E-state index contributed by atoms with van der Waals surface area (Å²) < 4.78 is 6.01. The van der Waals surface area contributed by atoms with E-state index in [0.717, 1.165) is 21.0 Å². The number of amides is 1. The molecule has 4 aromatic rings. The van der Waals surface area contributed by atoms with Gasteiger partial charge in [0.25, 0.3) is 5.91 Å². The molecule has 0 spiro atoms. The van der Waals surface area contributed by atoms with Gasteiger partial charge in [-0.1, -0.05) is 41.7 Å². The Kier molecular flexibility index (Phi) is 4.10. The minimum absolute atomic E-state index is 0.261. The monoisotopic (exact) mass is 362 g/mol. The third kappa shape index (κ3) is 3.14. The lowest BCUT2D eigenvalue weighted by molar-refractivity contribution is -0.131. The van der Waals surface area contributed by atoms with E-state index in [1.807, 2.05) is 24.3 Å². The summed E-state index contributed by atoms with van der Waals surface area (Å²) in [6.07, 6.45) is 0. The number of esters is 1. The molecule has 5 nitrogen and oxygen atoms in total. The molecule has 3 aromatic carbocycles. The number of nitrogens with one attached hydrogen (secondary N) is 1. The molecular formula is C20H14N2O3S. The fourth-order valence-electron chi connectivity index (χ4n) is 2.72. The van der Waals surface area contributed by atoms with Crippen LogP contribution in [0.1, 0.15) is 17.3 Å². The topological polar surface area (TPSA) is 68.3 Å². The van der Waals surface area contributed by atoms with Crippen molar-refractivity contribution in [2.75, 3.05) is 5.32 Å². The summed E-state index contributed by atoms with van der Waals surface area (Å²) >= 11 is 1.45. The van der Waals surface area contributed by atoms with Crippen molar-refractivity contribution in [1.82, 2.24) is 4.98 Å². The van der Waals surface area contributed by atoms with Crippen LogP contribution in [0.5, 0.6) is 5.75 Å². The number of hydrogen-bond donors (Lipinski definition) is 1. The van der Waals surface area contributed by atoms with Gasteiger partial charge < -0.3 is 4.74 Å². The highest BCUT2D eigenvalue weighted by molar-refractivity contribution is 7.23. The minimum Gasteiger partial charge on any atom is -0.427 e. The fraction of sp³-hybridized carbons (Fsp3) is 0.0500. The number of carbonyl (C=O) groups is 2. The van der Waals surface area contributed by atoms with Crippen LogP contribution in [0.15, 0.2) is 60.7 Å². The Bertz CT molecular complexity index is 1130. The van der Waals surface area contributed by atoms with Crippen LogP contribution >= 0.6 is 11.3 Å². The van der Waals surface area contributed by atoms with Gasteiger partial charge >= 0.3 is 5.97 Å². The molecule has 0 aliphatic heterocycles. The van der Waals surface area contributed by atoms with Crippen molar-refractivity contribution in [2.24, 2.45) is 0 Å². The Labute approximate surface area is 153 Å². The van der Waals surface area contributed by atoms with E-state index in [-0.39, 0.29) is 5.91 Å². The molecule has 6 heteroatoms. The van der Waals surface area contributed by atoms with E-state index in [1.54, 1.807) is 24.3 Å². The molecule has 0 saturated heterocycles. The third-order valence-electron chi connectivity index (χ3n) is 3.88. The SMILES string of the molecule is CC(=O)Oc1ccc(C(=O)Nc2nc3ccc4ccccc4c3s2)cc1. The smallest absolute Gasteiger partial charge is 0.308 e. The van der Waals surface area contributed by atoms with Gasteiger partial charge in [0, 0.05) is 17.9 Å². The Morgan fingerprint density at radius 2 is 1.77 bits per heavy atom. The van der Waals surface area contributed by atoms with Gasteiger partial charge in [-0.2, -0.15) is 0 Å². The van der Waals surface area contributed by atoms with E-state index in [2.05, 4.69) is 22.4 Å². The highest BCUT2D eigenvalue weighted by atomic mass is 32.1. The van der Waals surface area contributed by atoms with Crippen LogP contribution in [0.4, 0.5) is 5.13 Å². The number of fused-ring (bicyclic) bond motifs is 3. The molecule has 1 N–H and O–H groups in total. The molecular weight excluding hydrogens is 348 g/mol. The lowest BCUT2D eigenvalue weighted by atomic mass is 10.1. The standard InChI is InChI=1S/C20H14N2O3S/c1-12(23)25-15-9-6-14(7-10-15)19(24)22-20-21-17-11-8-13-4-2-3-5-16(13)18(17)26-20/h2-11H,1H3,(H,21,22,24). The van der Waals surface area contributed by atoms with Crippen LogP contribution in [-0.2, 0) is 4.79 Å². The highest BCUT2D eigenvalue weighted by Crippen LogP contribution is 2.32. The van der Waals surface area contributed by atoms with Crippen LogP contribution in [-0.4, -0.2) is 16.9 Å². The lowest BCUT2D eigenvalue weighted by Gasteiger charge is -2.03. The van der Waals surface area contributed by atoms with E-state index in [1.165, 1.54) is 18.3 Å². The normalized spacial score (nSPS) is 10.8. The minimum atomic E-state index is -0.399. The number of thiazole rings is 1. The average Bonchev–Trinajstić information content (AvgIpc) is 3.04. The van der Waals surface area contributed by atoms with Crippen LogP contribution in [0.2, 0.25) is 0 Å². The molecule has 4 rings (SSSR count). The number of rotatable bonds is 3. The van der Waals surface area contributed by atoms with Gasteiger partial charge in [0.2, 0.25) is 0 Å². The molecule has 0 bridgehead atoms. The second kappa shape index (κ2) is 6.57. The van der Waals surface area contributed by atoms with Crippen molar-refractivity contribution in [3.05, 3.63) is 66.2 Å². The lowest BCUT2D eigenvalue weighted by Crippen LogP contribution is -2.11. The number of nitrogens with zero attached hydrogens (tertiary/aromatic N) is 1. The average molecular weight is 362 g/mol. The Balaban J connectivity index is 1.59. The molecule has 0 radical (unpaired) electrons. The first-order valence-electron chi connectivity index (χ1n) is 7.98. The molecule has 0 fully saturated rings. The van der Waals surface area contributed by atoms with Crippen LogP contribution in [0, 0.1) is 0 Å².